The number of methoxy groups -OCH3 is 1. The molecule has 1 saturated heterocycles. The summed E-state index contributed by atoms with van der Waals surface area (Å²) in [5, 5.41) is 0. The molecule has 1 fully saturated rings. The number of carbonyl (C=O) groups is 1. The quantitative estimate of drug-likeness (QED) is 0.751. The summed E-state index contributed by atoms with van der Waals surface area (Å²) in [6.45, 7) is 6.25. The number of rotatable bonds is 7. The van der Waals surface area contributed by atoms with Crippen LogP contribution < -0.4 is 0 Å². The van der Waals surface area contributed by atoms with Crippen molar-refractivity contribution >= 4 is 5.91 Å². The monoisotopic (exact) mass is 323 g/mol. The molecule has 0 bridgehead atoms. The van der Waals surface area contributed by atoms with E-state index in [9.17, 15) is 9.18 Å². The largest absolute Gasteiger partial charge is 0.383 e. The molecule has 0 atom stereocenters. The van der Waals surface area contributed by atoms with Crippen LogP contribution in [0.3, 0.4) is 0 Å². The van der Waals surface area contributed by atoms with Gasteiger partial charge in [-0.05, 0) is 17.7 Å². The number of ether oxygens (including phenoxy) is 1. The molecule has 0 aromatic heterocycles. The third kappa shape index (κ3) is 5.89. The van der Waals surface area contributed by atoms with Crippen LogP contribution in [-0.2, 0) is 16.1 Å². The standard InChI is InChI=1S/C17H26FN3O2/c1-19(13-15-4-3-5-16(18)12-15)17(22)14-21-8-6-20(7-9-21)10-11-23-2/h3-5,12H,6-11,13-14H2,1-2H3. The maximum absolute atomic E-state index is 13.2. The van der Waals surface area contributed by atoms with Crippen LogP contribution in [0.1, 0.15) is 5.56 Å². The summed E-state index contributed by atoms with van der Waals surface area (Å²) in [6, 6.07) is 6.39. The molecule has 0 unspecified atom stereocenters. The van der Waals surface area contributed by atoms with Gasteiger partial charge in [-0.3, -0.25) is 14.6 Å². The second-order valence-electron chi connectivity index (χ2n) is 5.99. The Balaban J connectivity index is 1.74. The van der Waals surface area contributed by atoms with Gasteiger partial charge in [-0.15, -0.1) is 0 Å². The Kier molecular flexibility index (Phi) is 6.95. The lowest BCUT2D eigenvalue weighted by Gasteiger charge is -2.34. The Labute approximate surface area is 137 Å². The van der Waals surface area contributed by atoms with E-state index in [1.54, 1.807) is 25.1 Å². The number of hydrogen-bond acceptors (Lipinski definition) is 4. The number of carbonyl (C=O) groups excluding carboxylic acids is 1. The normalized spacial score (nSPS) is 16.5. The van der Waals surface area contributed by atoms with Gasteiger partial charge in [-0.25, -0.2) is 4.39 Å². The van der Waals surface area contributed by atoms with E-state index in [2.05, 4.69) is 9.80 Å². The third-order valence-electron chi connectivity index (χ3n) is 4.17. The molecule has 128 valence electrons. The Morgan fingerprint density at radius 2 is 1.96 bits per heavy atom. The maximum atomic E-state index is 13.2. The lowest BCUT2D eigenvalue weighted by Crippen LogP contribution is -2.50. The van der Waals surface area contributed by atoms with Crippen molar-refractivity contribution < 1.29 is 13.9 Å². The number of likely N-dealkylation sites (N-methyl/N-ethyl adjacent to an activating group) is 1. The summed E-state index contributed by atoms with van der Waals surface area (Å²) in [4.78, 5) is 18.5. The van der Waals surface area contributed by atoms with E-state index in [4.69, 9.17) is 4.74 Å². The topological polar surface area (TPSA) is 36.0 Å². The van der Waals surface area contributed by atoms with Gasteiger partial charge >= 0.3 is 0 Å². The van der Waals surface area contributed by atoms with Crippen LogP contribution in [0, 0.1) is 5.82 Å². The number of amides is 1. The van der Waals surface area contributed by atoms with Crippen molar-refractivity contribution in [1.82, 2.24) is 14.7 Å². The first-order chi connectivity index (χ1) is 11.1. The molecule has 1 aromatic rings. The Morgan fingerprint density at radius 1 is 1.26 bits per heavy atom. The molecular weight excluding hydrogens is 297 g/mol. The molecule has 5 nitrogen and oxygen atoms in total. The lowest BCUT2D eigenvalue weighted by atomic mass is 10.2. The van der Waals surface area contributed by atoms with Gasteiger partial charge in [-0.2, -0.15) is 0 Å². The van der Waals surface area contributed by atoms with Crippen molar-refractivity contribution in [3.8, 4) is 0 Å². The lowest BCUT2D eigenvalue weighted by molar-refractivity contribution is -0.132. The second-order valence-corrected chi connectivity index (χ2v) is 5.99. The van der Waals surface area contributed by atoms with Crippen molar-refractivity contribution in [3.63, 3.8) is 0 Å². The molecule has 23 heavy (non-hydrogen) atoms. The summed E-state index contributed by atoms with van der Waals surface area (Å²) in [7, 11) is 3.48. The first-order valence-corrected chi connectivity index (χ1v) is 8.00. The summed E-state index contributed by atoms with van der Waals surface area (Å²) < 4.78 is 18.3. The van der Waals surface area contributed by atoms with Crippen molar-refractivity contribution in [2.45, 2.75) is 6.54 Å². The number of piperazine rings is 1. The van der Waals surface area contributed by atoms with Crippen LogP contribution in [0.4, 0.5) is 4.39 Å². The molecule has 0 saturated carbocycles. The minimum Gasteiger partial charge on any atom is -0.383 e. The Morgan fingerprint density at radius 3 is 2.61 bits per heavy atom. The molecule has 1 amide bonds. The van der Waals surface area contributed by atoms with Crippen molar-refractivity contribution in [2.24, 2.45) is 0 Å². The zero-order valence-corrected chi connectivity index (χ0v) is 14.0. The fourth-order valence-electron chi connectivity index (χ4n) is 2.70. The van der Waals surface area contributed by atoms with Gasteiger partial charge in [0.2, 0.25) is 5.91 Å². The third-order valence-corrected chi connectivity index (χ3v) is 4.17. The molecular formula is C17H26FN3O2. The number of nitrogens with zero attached hydrogens (tertiary/aromatic N) is 3. The number of benzene rings is 1. The fraction of sp³-hybridized carbons (Fsp3) is 0.588. The van der Waals surface area contributed by atoms with E-state index in [-0.39, 0.29) is 11.7 Å². The smallest absolute Gasteiger partial charge is 0.236 e. The highest BCUT2D eigenvalue weighted by molar-refractivity contribution is 5.78. The van der Waals surface area contributed by atoms with Crippen LogP contribution in [0.15, 0.2) is 24.3 Å². The van der Waals surface area contributed by atoms with Crippen LogP contribution in [-0.4, -0.2) is 80.6 Å². The second kappa shape index (κ2) is 8.96. The molecule has 0 aliphatic carbocycles. The molecule has 1 heterocycles. The molecule has 6 heteroatoms. The molecule has 1 aliphatic heterocycles. The molecule has 0 radical (unpaired) electrons. The van der Waals surface area contributed by atoms with E-state index in [0.29, 0.717) is 13.1 Å². The van der Waals surface area contributed by atoms with E-state index < -0.39 is 0 Å². The van der Waals surface area contributed by atoms with Gasteiger partial charge in [0.05, 0.1) is 13.2 Å². The predicted molar refractivity (Wildman–Crippen MR) is 87.6 cm³/mol. The minimum atomic E-state index is -0.268. The molecule has 2 rings (SSSR count). The average Bonchev–Trinajstić information content (AvgIpc) is 2.54. The van der Waals surface area contributed by atoms with Crippen LogP contribution in [0.5, 0.6) is 0 Å². The highest BCUT2D eigenvalue weighted by atomic mass is 19.1. The predicted octanol–water partition coefficient (Wildman–Crippen LogP) is 1.05. The molecule has 1 aromatic carbocycles. The molecule has 0 N–H and O–H groups in total. The Hall–Kier alpha value is -1.50. The first kappa shape index (κ1) is 17.8. The summed E-state index contributed by atoms with van der Waals surface area (Å²) >= 11 is 0. The van der Waals surface area contributed by atoms with Gasteiger partial charge in [-0.1, -0.05) is 12.1 Å². The van der Waals surface area contributed by atoms with E-state index in [1.165, 1.54) is 12.1 Å². The first-order valence-electron chi connectivity index (χ1n) is 8.00. The molecule has 0 spiro atoms. The van der Waals surface area contributed by atoms with Crippen LogP contribution in [0.25, 0.3) is 0 Å². The highest BCUT2D eigenvalue weighted by Gasteiger charge is 2.20. The van der Waals surface area contributed by atoms with Gasteiger partial charge in [0.1, 0.15) is 5.82 Å². The number of hydrogen-bond donors (Lipinski definition) is 0. The van der Waals surface area contributed by atoms with E-state index >= 15 is 0 Å². The van der Waals surface area contributed by atoms with Crippen molar-refractivity contribution in [3.05, 3.63) is 35.6 Å². The van der Waals surface area contributed by atoms with Gasteiger partial charge in [0, 0.05) is 53.4 Å². The summed E-state index contributed by atoms with van der Waals surface area (Å²) in [5.41, 5.74) is 0.810. The average molecular weight is 323 g/mol. The van der Waals surface area contributed by atoms with Crippen molar-refractivity contribution in [1.29, 1.82) is 0 Å². The molecule has 1 aliphatic rings. The van der Waals surface area contributed by atoms with Crippen LogP contribution >= 0.6 is 0 Å². The van der Waals surface area contributed by atoms with Crippen molar-refractivity contribution in [2.75, 3.05) is 60.0 Å². The minimum absolute atomic E-state index is 0.0691. The van der Waals surface area contributed by atoms with Gasteiger partial charge < -0.3 is 9.64 Å². The zero-order chi connectivity index (χ0) is 16.7. The van der Waals surface area contributed by atoms with Crippen LogP contribution in [0.2, 0.25) is 0 Å². The van der Waals surface area contributed by atoms with E-state index in [0.717, 1.165) is 44.9 Å². The summed E-state index contributed by atoms with van der Waals surface area (Å²) in [5.74, 6) is -0.199. The highest BCUT2D eigenvalue weighted by Crippen LogP contribution is 2.07. The summed E-state index contributed by atoms with van der Waals surface area (Å²) in [6.07, 6.45) is 0. The van der Waals surface area contributed by atoms with E-state index in [1.807, 2.05) is 6.07 Å². The van der Waals surface area contributed by atoms with Gasteiger partial charge in [0.15, 0.2) is 0 Å². The SMILES string of the molecule is COCCN1CCN(CC(=O)N(C)Cc2cccc(F)c2)CC1. The Bertz CT molecular complexity index is 504. The van der Waals surface area contributed by atoms with Gasteiger partial charge in [0.25, 0.3) is 0 Å². The number of halogens is 1. The fourth-order valence-corrected chi connectivity index (χ4v) is 2.70. The maximum Gasteiger partial charge on any atom is 0.236 e. The zero-order valence-electron chi connectivity index (χ0n) is 14.0.